The van der Waals surface area contributed by atoms with E-state index in [1.54, 1.807) is 38.1 Å². The quantitative estimate of drug-likeness (QED) is 0.872. The van der Waals surface area contributed by atoms with Gasteiger partial charge in [0.15, 0.2) is 5.78 Å². The van der Waals surface area contributed by atoms with Gasteiger partial charge < -0.3 is 14.3 Å². The second-order valence-corrected chi connectivity index (χ2v) is 4.92. The number of ketones is 1. The maximum Gasteiger partial charge on any atom is 0.270 e. The van der Waals surface area contributed by atoms with Crippen molar-refractivity contribution in [3.8, 4) is 0 Å². The Balaban J connectivity index is 2.25. The zero-order valence-corrected chi connectivity index (χ0v) is 12.1. The summed E-state index contributed by atoms with van der Waals surface area (Å²) in [7, 11) is 1.70. The molecule has 0 saturated heterocycles. The molecule has 0 fully saturated rings. The van der Waals surface area contributed by atoms with Gasteiger partial charge in [0.1, 0.15) is 11.5 Å². The van der Waals surface area contributed by atoms with Gasteiger partial charge in [0.25, 0.3) is 5.91 Å². The van der Waals surface area contributed by atoms with E-state index in [9.17, 15) is 9.59 Å². The van der Waals surface area contributed by atoms with Gasteiger partial charge in [0.05, 0.1) is 12.8 Å². The Kier molecular flexibility index (Phi) is 3.79. The molecule has 0 aromatic carbocycles. The SMILES string of the molecule is CC(=O)c1c(C)[nH]c(C(=O)N(C)Cc2ccco2)c1C. The molecule has 0 aliphatic heterocycles. The van der Waals surface area contributed by atoms with Crippen molar-refractivity contribution in [2.75, 3.05) is 7.05 Å². The van der Waals surface area contributed by atoms with Crippen LogP contribution in [0.3, 0.4) is 0 Å². The molecule has 2 heterocycles. The van der Waals surface area contributed by atoms with Crippen LogP contribution in [0.25, 0.3) is 0 Å². The van der Waals surface area contributed by atoms with Crippen molar-refractivity contribution >= 4 is 11.7 Å². The van der Waals surface area contributed by atoms with E-state index in [0.717, 1.165) is 5.69 Å². The van der Waals surface area contributed by atoms with E-state index in [0.29, 0.717) is 29.1 Å². The Hall–Kier alpha value is -2.30. The number of H-pyrrole nitrogens is 1. The van der Waals surface area contributed by atoms with Gasteiger partial charge in [0.2, 0.25) is 0 Å². The summed E-state index contributed by atoms with van der Waals surface area (Å²) in [5, 5.41) is 0. The van der Waals surface area contributed by atoms with Crippen molar-refractivity contribution in [1.29, 1.82) is 0 Å². The average Bonchev–Trinajstić information content (AvgIpc) is 2.96. The minimum atomic E-state index is -0.158. The number of carbonyl (C=O) groups excluding carboxylic acids is 2. The number of aromatic nitrogens is 1. The van der Waals surface area contributed by atoms with E-state index < -0.39 is 0 Å². The number of hydrogen-bond donors (Lipinski definition) is 1. The molecule has 0 bridgehead atoms. The summed E-state index contributed by atoms with van der Waals surface area (Å²) in [4.78, 5) is 28.6. The fourth-order valence-corrected chi connectivity index (χ4v) is 2.39. The number of nitrogens with zero attached hydrogens (tertiary/aromatic N) is 1. The number of carbonyl (C=O) groups is 2. The molecule has 0 aliphatic rings. The molecule has 2 aromatic rings. The van der Waals surface area contributed by atoms with Gasteiger partial charge in [-0.2, -0.15) is 0 Å². The van der Waals surface area contributed by atoms with Gasteiger partial charge in [-0.15, -0.1) is 0 Å². The Bertz CT molecular complexity index is 638. The summed E-state index contributed by atoms with van der Waals surface area (Å²) < 4.78 is 5.23. The average molecular weight is 274 g/mol. The largest absolute Gasteiger partial charge is 0.467 e. The van der Waals surface area contributed by atoms with Crippen LogP contribution in [0, 0.1) is 13.8 Å². The van der Waals surface area contributed by atoms with Crippen LogP contribution in [0.2, 0.25) is 0 Å². The Labute approximate surface area is 117 Å². The number of amides is 1. The minimum absolute atomic E-state index is 0.0380. The topological polar surface area (TPSA) is 66.3 Å². The highest BCUT2D eigenvalue weighted by atomic mass is 16.3. The Morgan fingerprint density at radius 3 is 2.55 bits per heavy atom. The van der Waals surface area contributed by atoms with Gasteiger partial charge in [-0.1, -0.05) is 0 Å². The minimum Gasteiger partial charge on any atom is -0.467 e. The lowest BCUT2D eigenvalue weighted by Crippen LogP contribution is -2.27. The molecule has 5 nitrogen and oxygen atoms in total. The first-order valence-electron chi connectivity index (χ1n) is 6.39. The fourth-order valence-electron chi connectivity index (χ4n) is 2.39. The highest BCUT2D eigenvalue weighted by Crippen LogP contribution is 2.20. The van der Waals surface area contributed by atoms with Crippen LogP contribution in [0.1, 0.15) is 44.8 Å². The van der Waals surface area contributed by atoms with E-state index in [4.69, 9.17) is 4.42 Å². The number of aryl methyl sites for hydroxylation is 1. The van der Waals surface area contributed by atoms with Crippen molar-refractivity contribution < 1.29 is 14.0 Å². The summed E-state index contributed by atoms with van der Waals surface area (Å²) >= 11 is 0. The summed E-state index contributed by atoms with van der Waals surface area (Å²) in [5.41, 5.74) is 2.48. The number of Topliss-reactive ketones (excluding diaryl/α,β-unsaturated/α-hetero) is 1. The molecule has 20 heavy (non-hydrogen) atoms. The van der Waals surface area contributed by atoms with E-state index in [1.807, 2.05) is 6.07 Å². The molecule has 0 atom stereocenters. The number of aromatic amines is 1. The maximum atomic E-state index is 12.4. The predicted molar refractivity (Wildman–Crippen MR) is 74.8 cm³/mol. The third-order valence-electron chi connectivity index (χ3n) is 3.32. The number of hydrogen-bond acceptors (Lipinski definition) is 3. The molecular weight excluding hydrogens is 256 g/mol. The molecular formula is C15H18N2O3. The maximum absolute atomic E-state index is 12.4. The molecule has 0 saturated carbocycles. The van der Waals surface area contributed by atoms with Gasteiger partial charge in [0, 0.05) is 18.3 Å². The lowest BCUT2D eigenvalue weighted by molar-refractivity contribution is 0.0769. The molecule has 0 radical (unpaired) electrons. The Morgan fingerprint density at radius 1 is 1.35 bits per heavy atom. The van der Waals surface area contributed by atoms with Gasteiger partial charge in [-0.25, -0.2) is 0 Å². The molecule has 2 rings (SSSR count). The highest BCUT2D eigenvalue weighted by Gasteiger charge is 2.22. The van der Waals surface area contributed by atoms with E-state index in [2.05, 4.69) is 4.98 Å². The summed E-state index contributed by atoms with van der Waals surface area (Å²) in [6, 6.07) is 3.60. The number of rotatable bonds is 4. The van der Waals surface area contributed by atoms with Crippen LogP contribution in [0.5, 0.6) is 0 Å². The summed E-state index contributed by atoms with van der Waals surface area (Å²) in [5.74, 6) is 0.520. The zero-order valence-electron chi connectivity index (χ0n) is 12.1. The highest BCUT2D eigenvalue weighted by molar-refractivity contribution is 6.02. The van der Waals surface area contributed by atoms with Crippen molar-refractivity contribution in [3.63, 3.8) is 0 Å². The third-order valence-corrected chi connectivity index (χ3v) is 3.32. The molecule has 5 heteroatoms. The summed E-state index contributed by atoms with van der Waals surface area (Å²) in [6.45, 7) is 5.48. The summed E-state index contributed by atoms with van der Waals surface area (Å²) in [6.07, 6.45) is 1.57. The monoisotopic (exact) mass is 274 g/mol. The second-order valence-electron chi connectivity index (χ2n) is 4.92. The predicted octanol–water partition coefficient (Wildman–Crippen LogP) is 2.70. The Morgan fingerprint density at radius 2 is 2.05 bits per heavy atom. The van der Waals surface area contributed by atoms with Gasteiger partial charge in [-0.3, -0.25) is 9.59 Å². The molecule has 106 valence electrons. The van der Waals surface area contributed by atoms with Crippen LogP contribution in [-0.2, 0) is 6.54 Å². The first-order chi connectivity index (χ1) is 9.41. The fraction of sp³-hybridized carbons (Fsp3) is 0.333. The van der Waals surface area contributed by atoms with Gasteiger partial charge in [-0.05, 0) is 38.5 Å². The van der Waals surface area contributed by atoms with Crippen molar-refractivity contribution in [2.24, 2.45) is 0 Å². The van der Waals surface area contributed by atoms with Crippen molar-refractivity contribution in [2.45, 2.75) is 27.3 Å². The number of furan rings is 1. The van der Waals surface area contributed by atoms with Crippen molar-refractivity contribution in [3.05, 3.63) is 46.7 Å². The van der Waals surface area contributed by atoms with Gasteiger partial charge >= 0.3 is 0 Å². The molecule has 1 N–H and O–H groups in total. The molecule has 0 spiro atoms. The van der Waals surface area contributed by atoms with E-state index in [1.165, 1.54) is 6.92 Å². The molecule has 2 aromatic heterocycles. The van der Waals surface area contributed by atoms with E-state index in [-0.39, 0.29) is 11.7 Å². The second kappa shape index (κ2) is 5.36. The molecule has 0 unspecified atom stereocenters. The smallest absolute Gasteiger partial charge is 0.270 e. The van der Waals surface area contributed by atoms with Crippen LogP contribution < -0.4 is 0 Å². The zero-order chi connectivity index (χ0) is 14.9. The van der Waals surface area contributed by atoms with Crippen LogP contribution in [-0.4, -0.2) is 28.6 Å². The number of nitrogens with one attached hydrogen (secondary N) is 1. The van der Waals surface area contributed by atoms with Crippen LogP contribution in [0.4, 0.5) is 0 Å². The van der Waals surface area contributed by atoms with Crippen LogP contribution in [0.15, 0.2) is 22.8 Å². The molecule has 0 aliphatic carbocycles. The molecule has 1 amide bonds. The van der Waals surface area contributed by atoms with Crippen LogP contribution >= 0.6 is 0 Å². The standard InChI is InChI=1S/C15H18N2O3/c1-9-13(11(3)18)10(2)16-14(9)15(19)17(4)8-12-6-5-7-20-12/h5-7,16H,8H2,1-4H3. The van der Waals surface area contributed by atoms with E-state index >= 15 is 0 Å². The normalized spacial score (nSPS) is 10.6. The first kappa shape index (κ1) is 14.1. The lowest BCUT2D eigenvalue weighted by atomic mass is 10.1. The lowest BCUT2D eigenvalue weighted by Gasteiger charge is -2.15. The van der Waals surface area contributed by atoms with Crippen molar-refractivity contribution in [1.82, 2.24) is 9.88 Å². The first-order valence-corrected chi connectivity index (χ1v) is 6.39. The third kappa shape index (κ3) is 2.52.